The van der Waals surface area contributed by atoms with E-state index in [2.05, 4.69) is 10.5 Å². The van der Waals surface area contributed by atoms with E-state index in [1.807, 2.05) is 13.8 Å². The summed E-state index contributed by atoms with van der Waals surface area (Å²) in [6, 6.07) is -0.0125. The third-order valence-electron chi connectivity index (χ3n) is 3.27. The van der Waals surface area contributed by atoms with Gasteiger partial charge in [-0.3, -0.25) is 9.59 Å². The number of nitrogens with zero attached hydrogens (tertiary/aromatic N) is 2. The standard InChI is InChI=1S/C12H22N4O3/c1-7(2)10(11(13)15-19)12(18)16-5-4-9(6-16)14-8(3)17/h7,9-10,19H,4-6H2,1-3H3,(H2,13,15)(H,14,17). The van der Waals surface area contributed by atoms with Crippen LogP contribution >= 0.6 is 0 Å². The molecule has 7 heteroatoms. The minimum absolute atomic E-state index is 0.0125. The summed E-state index contributed by atoms with van der Waals surface area (Å²) >= 11 is 0. The fourth-order valence-electron chi connectivity index (χ4n) is 2.38. The molecule has 0 aromatic heterocycles. The number of nitrogens with two attached hydrogens (primary N) is 1. The fraction of sp³-hybridized carbons (Fsp3) is 0.750. The third kappa shape index (κ3) is 3.84. The van der Waals surface area contributed by atoms with Gasteiger partial charge in [-0.2, -0.15) is 0 Å². The molecule has 1 saturated heterocycles. The van der Waals surface area contributed by atoms with Crippen LogP contribution in [-0.2, 0) is 9.59 Å². The van der Waals surface area contributed by atoms with Gasteiger partial charge in [0.05, 0.1) is 0 Å². The van der Waals surface area contributed by atoms with Gasteiger partial charge in [0.1, 0.15) is 5.92 Å². The van der Waals surface area contributed by atoms with E-state index in [9.17, 15) is 9.59 Å². The number of nitrogens with one attached hydrogen (secondary N) is 1. The van der Waals surface area contributed by atoms with E-state index < -0.39 is 5.92 Å². The van der Waals surface area contributed by atoms with Crippen LogP contribution in [0.1, 0.15) is 27.2 Å². The highest BCUT2D eigenvalue weighted by Crippen LogP contribution is 2.19. The maximum atomic E-state index is 12.4. The summed E-state index contributed by atoms with van der Waals surface area (Å²) in [5.74, 6) is -0.999. The average molecular weight is 270 g/mol. The van der Waals surface area contributed by atoms with Gasteiger partial charge in [0.15, 0.2) is 5.84 Å². The monoisotopic (exact) mass is 270 g/mol. The summed E-state index contributed by atoms with van der Waals surface area (Å²) in [4.78, 5) is 25.0. The van der Waals surface area contributed by atoms with Gasteiger partial charge in [0, 0.05) is 26.1 Å². The molecule has 0 radical (unpaired) electrons. The molecule has 0 bridgehead atoms. The topological polar surface area (TPSA) is 108 Å². The van der Waals surface area contributed by atoms with Crippen LogP contribution in [0, 0.1) is 11.8 Å². The second-order valence-electron chi connectivity index (χ2n) is 5.22. The van der Waals surface area contributed by atoms with Gasteiger partial charge in [-0.15, -0.1) is 0 Å². The Balaban J connectivity index is 2.70. The molecule has 1 rings (SSSR count). The average Bonchev–Trinajstić information content (AvgIpc) is 2.75. The fourth-order valence-corrected chi connectivity index (χ4v) is 2.38. The van der Waals surface area contributed by atoms with Crippen molar-refractivity contribution >= 4 is 17.6 Å². The highest BCUT2D eigenvalue weighted by Gasteiger charge is 2.34. The van der Waals surface area contributed by atoms with Crippen LogP contribution < -0.4 is 11.1 Å². The molecule has 0 aromatic rings. The smallest absolute Gasteiger partial charge is 0.233 e. The van der Waals surface area contributed by atoms with E-state index in [4.69, 9.17) is 10.9 Å². The molecule has 108 valence electrons. The Morgan fingerprint density at radius 1 is 1.47 bits per heavy atom. The number of rotatable bonds is 4. The van der Waals surface area contributed by atoms with Crippen molar-refractivity contribution in [2.45, 2.75) is 33.2 Å². The lowest BCUT2D eigenvalue weighted by Gasteiger charge is -2.25. The second kappa shape index (κ2) is 6.40. The van der Waals surface area contributed by atoms with E-state index in [1.165, 1.54) is 6.92 Å². The first-order chi connectivity index (χ1) is 8.86. The van der Waals surface area contributed by atoms with Gasteiger partial charge in [0.2, 0.25) is 11.8 Å². The van der Waals surface area contributed by atoms with E-state index in [0.29, 0.717) is 13.1 Å². The lowest BCUT2D eigenvalue weighted by atomic mass is 9.93. The van der Waals surface area contributed by atoms with Crippen LogP contribution in [0.4, 0.5) is 0 Å². The van der Waals surface area contributed by atoms with Crippen molar-refractivity contribution in [3.05, 3.63) is 0 Å². The quantitative estimate of drug-likeness (QED) is 0.283. The van der Waals surface area contributed by atoms with Crippen LogP contribution in [-0.4, -0.2) is 46.9 Å². The number of hydrogen-bond donors (Lipinski definition) is 3. The highest BCUT2D eigenvalue weighted by molar-refractivity contribution is 6.02. The molecule has 0 aromatic carbocycles. The van der Waals surface area contributed by atoms with E-state index >= 15 is 0 Å². The lowest BCUT2D eigenvalue weighted by Crippen LogP contribution is -2.45. The summed E-state index contributed by atoms with van der Waals surface area (Å²) in [5.41, 5.74) is 5.58. The molecule has 19 heavy (non-hydrogen) atoms. The number of amidine groups is 1. The number of oxime groups is 1. The summed E-state index contributed by atoms with van der Waals surface area (Å²) in [6.45, 7) is 6.20. The Labute approximate surface area is 112 Å². The molecule has 0 spiro atoms. The lowest BCUT2D eigenvalue weighted by molar-refractivity contribution is -0.133. The van der Waals surface area contributed by atoms with Crippen LogP contribution in [0.3, 0.4) is 0 Å². The summed E-state index contributed by atoms with van der Waals surface area (Å²) in [7, 11) is 0. The SMILES string of the molecule is CC(=O)NC1CCN(C(=O)C(C(N)=NO)C(C)C)C1. The van der Waals surface area contributed by atoms with Crippen molar-refractivity contribution in [3.63, 3.8) is 0 Å². The van der Waals surface area contributed by atoms with Crippen molar-refractivity contribution in [1.82, 2.24) is 10.2 Å². The predicted octanol–water partition coefficient (Wildman–Crippen LogP) is -0.258. The minimum Gasteiger partial charge on any atom is -0.409 e. The van der Waals surface area contributed by atoms with Crippen LogP contribution in [0.25, 0.3) is 0 Å². The molecule has 1 aliphatic rings. The van der Waals surface area contributed by atoms with Gasteiger partial charge in [-0.1, -0.05) is 19.0 Å². The molecule has 0 saturated carbocycles. The first kappa shape index (κ1) is 15.3. The van der Waals surface area contributed by atoms with Crippen molar-refractivity contribution in [2.75, 3.05) is 13.1 Å². The molecular formula is C12H22N4O3. The van der Waals surface area contributed by atoms with Gasteiger partial charge in [0.25, 0.3) is 0 Å². The Kier molecular flexibility index (Phi) is 5.14. The van der Waals surface area contributed by atoms with Gasteiger partial charge in [-0.25, -0.2) is 0 Å². The highest BCUT2D eigenvalue weighted by atomic mass is 16.4. The van der Waals surface area contributed by atoms with E-state index in [1.54, 1.807) is 4.90 Å². The van der Waals surface area contributed by atoms with Gasteiger partial charge >= 0.3 is 0 Å². The Morgan fingerprint density at radius 2 is 2.11 bits per heavy atom. The molecule has 0 aliphatic carbocycles. The number of carbonyl (C=O) groups excluding carboxylic acids is 2. The zero-order chi connectivity index (χ0) is 14.6. The van der Waals surface area contributed by atoms with Crippen molar-refractivity contribution < 1.29 is 14.8 Å². The van der Waals surface area contributed by atoms with Gasteiger partial charge in [-0.05, 0) is 12.3 Å². The Bertz CT molecular complexity index is 381. The number of likely N-dealkylation sites (tertiary alicyclic amines) is 1. The zero-order valence-corrected chi connectivity index (χ0v) is 11.6. The first-order valence-corrected chi connectivity index (χ1v) is 6.40. The molecule has 1 fully saturated rings. The van der Waals surface area contributed by atoms with Crippen LogP contribution in [0.15, 0.2) is 5.16 Å². The summed E-state index contributed by atoms with van der Waals surface area (Å²) in [5, 5.41) is 14.5. The maximum Gasteiger partial charge on any atom is 0.233 e. The molecule has 2 amide bonds. The van der Waals surface area contributed by atoms with Crippen molar-refractivity contribution in [2.24, 2.45) is 22.7 Å². The first-order valence-electron chi connectivity index (χ1n) is 6.40. The van der Waals surface area contributed by atoms with Crippen molar-refractivity contribution in [3.8, 4) is 0 Å². The molecule has 4 N–H and O–H groups in total. The van der Waals surface area contributed by atoms with E-state index in [-0.39, 0.29) is 29.6 Å². The molecule has 1 heterocycles. The Morgan fingerprint density at radius 3 is 2.58 bits per heavy atom. The minimum atomic E-state index is -0.624. The second-order valence-corrected chi connectivity index (χ2v) is 5.22. The molecular weight excluding hydrogens is 248 g/mol. The molecule has 1 aliphatic heterocycles. The van der Waals surface area contributed by atoms with Crippen LogP contribution in [0.2, 0.25) is 0 Å². The number of amides is 2. The number of carbonyl (C=O) groups is 2. The molecule has 2 unspecified atom stereocenters. The summed E-state index contributed by atoms with van der Waals surface area (Å²) < 4.78 is 0. The Hall–Kier alpha value is -1.79. The largest absolute Gasteiger partial charge is 0.409 e. The van der Waals surface area contributed by atoms with Crippen LogP contribution in [0.5, 0.6) is 0 Å². The molecule has 2 atom stereocenters. The summed E-state index contributed by atoms with van der Waals surface area (Å²) in [6.07, 6.45) is 0.728. The third-order valence-corrected chi connectivity index (χ3v) is 3.27. The van der Waals surface area contributed by atoms with Gasteiger partial charge < -0.3 is 21.2 Å². The van der Waals surface area contributed by atoms with E-state index in [0.717, 1.165) is 6.42 Å². The maximum absolute atomic E-state index is 12.4. The normalized spacial score (nSPS) is 21.6. The zero-order valence-electron chi connectivity index (χ0n) is 11.6. The molecule has 7 nitrogen and oxygen atoms in total. The predicted molar refractivity (Wildman–Crippen MR) is 70.5 cm³/mol. The number of hydrogen-bond acceptors (Lipinski definition) is 4. The van der Waals surface area contributed by atoms with Crippen molar-refractivity contribution in [1.29, 1.82) is 0 Å².